The Morgan fingerprint density at radius 1 is 0.500 bits per heavy atom. The van der Waals surface area contributed by atoms with Crippen molar-refractivity contribution in [2.45, 2.75) is 104 Å². The normalized spacial score (nSPS) is 16.2. The zero-order valence-electron chi connectivity index (χ0n) is 27.4. The fourth-order valence-electron chi connectivity index (χ4n) is 8.10. The molecule has 0 unspecified atom stereocenters. The van der Waals surface area contributed by atoms with Crippen molar-refractivity contribution in [1.29, 1.82) is 0 Å². The van der Waals surface area contributed by atoms with E-state index in [1.165, 1.54) is 38.5 Å². The Hall–Kier alpha value is -3.48. The van der Waals surface area contributed by atoms with Gasteiger partial charge in [0, 0.05) is 45.1 Å². The number of fused-ring (bicyclic) bond motifs is 2. The molecule has 4 nitrogen and oxygen atoms in total. The van der Waals surface area contributed by atoms with Crippen LogP contribution < -0.4 is 0 Å². The third kappa shape index (κ3) is 4.66. The van der Waals surface area contributed by atoms with Crippen molar-refractivity contribution in [3.05, 3.63) is 70.8 Å². The van der Waals surface area contributed by atoms with Crippen LogP contribution in [0.2, 0.25) is 0 Å². The molecule has 0 spiro atoms. The van der Waals surface area contributed by atoms with Gasteiger partial charge in [0.1, 0.15) is 9.98 Å². The van der Waals surface area contributed by atoms with E-state index in [9.17, 15) is 9.59 Å². The predicted octanol–water partition coefficient (Wildman–Crippen LogP) is 10.7. The van der Waals surface area contributed by atoms with Crippen molar-refractivity contribution in [3.63, 3.8) is 0 Å². The molecular weight excluding hydrogens is 605 g/mol. The number of carbonyl (C=O) groups excluding carboxylic acids is 2. The summed E-state index contributed by atoms with van der Waals surface area (Å²) in [6.45, 7) is 8.68. The molecule has 7 rings (SSSR count). The Balaban J connectivity index is 1.35. The maximum Gasteiger partial charge on any atom is 0.259 e. The van der Waals surface area contributed by atoms with Crippen molar-refractivity contribution < 1.29 is 9.59 Å². The van der Waals surface area contributed by atoms with E-state index < -0.39 is 0 Å². The molecule has 0 bridgehead atoms. The maximum absolute atomic E-state index is 14.1. The maximum atomic E-state index is 14.1. The first-order valence-electron chi connectivity index (χ1n) is 17.3. The summed E-state index contributed by atoms with van der Waals surface area (Å²) in [5, 5.41) is 8.36. The molecule has 0 aliphatic carbocycles. The Bertz CT molecular complexity index is 1800. The van der Waals surface area contributed by atoms with Crippen LogP contribution in [0.15, 0.2) is 48.5 Å². The average molecular weight is 647 g/mol. The summed E-state index contributed by atoms with van der Waals surface area (Å²) in [5.74, 6) is 0.000159. The number of rotatable bonds is 12. The minimum atomic E-state index is 0.0000797. The minimum Gasteiger partial charge on any atom is -0.296 e. The molecule has 0 aromatic heterocycles. The SMILES string of the molecule is CCCCCC[C@H](C)N1C(=O)c2ccc3c4ccc5c6c(ccc(c7ccc(c2c37)C1=S)c64)C(=O)N([C@@H](C)CCCCCC)C5=S. The monoisotopic (exact) mass is 646 g/mol. The second kappa shape index (κ2) is 12.3. The van der Waals surface area contributed by atoms with Gasteiger partial charge in [0.15, 0.2) is 0 Å². The van der Waals surface area contributed by atoms with E-state index in [1.54, 1.807) is 0 Å². The van der Waals surface area contributed by atoms with E-state index in [2.05, 4.69) is 64.1 Å². The predicted molar refractivity (Wildman–Crippen MR) is 200 cm³/mol. The third-order valence-corrected chi connectivity index (χ3v) is 11.4. The highest BCUT2D eigenvalue weighted by molar-refractivity contribution is 7.81. The lowest BCUT2D eigenvalue weighted by Gasteiger charge is -2.36. The number of unbranched alkanes of at least 4 members (excludes halogenated alkanes) is 6. The van der Waals surface area contributed by atoms with Gasteiger partial charge in [0.05, 0.1) is 0 Å². The van der Waals surface area contributed by atoms with Crippen LogP contribution in [0, 0.1) is 0 Å². The molecule has 0 saturated heterocycles. The highest BCUT2D eigenvalue weighted by atomic mass is 32.1. The highest BCUT2D eigenvalue weighted by Gasteiger charge is 2.37. The molecule has 46 heavy (non-hydrogen) atoms. The molecule has 2 atom stereocenters. The molecule has 5 aromatic carbocycles. The molecule has 0 saturated carbocycles. The molecule has 6 heteroatoms. The summed E-state index contributed by atoms with van der Waals surface area (Å²) in [4.78, 5) is 33.1. The van der Waals surface area contributed by atoms with Crippen molar-refractivity contribution in [1.82, 2.24) is 9.80 Å². The van der Waals surface area contributed by atoms with Crippen LogP contribution in [0.25, 0.3) is 43.1 Å². The summed E-state index contributed by atoms with van der Waals surface area (Å²) in [6.07, 6.45) is 11.2. The van der Waals surface area contributed by atoms with E-state index in [1.807, 2.05) is 21.9 Å². The van der Waals surface area contributed by atoms with Crippen LogP contribution in [0.5, 0.6) is 0 Å². The summed E-state index contributed by atoms with van der Waals surface area (Å²) < 4.78 is 0. The molecule has 236 valence electrons. The molecule has 2 aliphatic rings. The number of hydrogen-bond acceptors (Lipinski definition) is 4. The smallest absolute Gasteiger partial charge is 0.259 e. The molecule has 2 aliphatic heterocycles. The van der Waals surface area contributed by atoms with Crippen LogP contribution in [-0.2, 0) is 0 Å². The van der Waals surface area contributed by atoms with Gasteiger partial charge >= 0.3 is 0 Å². The lowest BCUT2D eigenvalue weighted by atomic mass is 9.82. The largest absolute Gasteiger partial charge is 0.296 e. The van der Waals surface area contributed by atoms with Crippen molar-refractivity contribution >= 4 is 89.3 Å². The molecule has 2 heterocycles. The minimum absolute atomic E-state index is 0.0000797. The molecule has 2 amide bonds. The lowest BCUT2D eigenvalue weighted by molar-refractivity contribution is 0.0798. The van der Waals surface area contributed by atoms with Gasteiger partial charge in [-0.3, -0.25) is 19.4 Å². The van der Waals surface area contributed by atoms with E-state index in [0.717, 1.165) is 91.0 Å². The average Bonchev–Trinajstić information content (AvgIpc) is 3.05. The molecule has 5 aromatic rings. The van der Waals surface area contributed by atoms with Gasteiger partial charge in [-0.15, -0.1) is 0 Å². The lowest BCUT2D eigenvalue weighted by Crippen LogP contribution is -2.45. The summed E-state index contributed by atoms with van der Waals surface area (Å²) in [5.41, 5.74) is 3.36. The van der Waals surface area contributed by atoms with Crippen LogP contribution >= 0.6 is 24.4 Å². The van der Waals surface area contributed by atoms with E-state index in [0.29, 0.717) is 9.98 Å². The first-order valence-corrected chi connectivity index (χ1v) is 18.1. The topological polar surface area (TPSA) is 40.6 Å². The molecule has 0 fully saturated rings. The van der Waals surface area contributed by atoms with Crippen molar-refractivity contribution in [3.8, 4) is 0 Å². The fourth-order valence-corrected chi connectivity index (χ4v) is 8.96. The highest BCUT2D eigenvalue weighted by Crippen LogP contribution is 2.47. The van der Waals surface area contributed by atoms with E-state index in [-0.39, 0.29) is 23.9 Å². The Labute approximate surface area is 282 Å². The summed E-state index contributed by atoms with van der Waals surface area (Å²) in [7, 11) is 0. The first kappa shape index (κ1) is 31.1. The Morgan fingerprint density at radius 3 is 1.20 bits per heavy atom. The van der Waals surface area contributed by atoms with E-state index in [4.69, 9.17) is 24.4 Å². The first-order chi connectivity index (χ1) is 22.3. The molecule has 0 radical (unpaired) electrons. The number of benzene rings is 5. The van der Waals surface area contributed by atoms with Gasteiger partial charge in [-0.25, -0.2) is 0 Å². The van der Waals surface area contributed by atoms with Crippen LogP contribution in [0.4, 0.5) is 0 Å². The number of nitrogens with zero attached hydrogens (tertiary/aromatic N) is 2. The van der Waals surface area contributed by atoms with Crippen LogP contribution in [0.3, 0.4) is 0 Å². The Kier molecular flexibility index (Phi) is 8.31. The Morgan fingerprint density at radius 2 is 0.848 bits per heavy atom. The van der Waals surface area contributed by atoms with Gasteiger partial charge < -0.3 is 0 Å². The van der Waals surface area contributed by atoms with Crippen molar-refractivity contribution in [2.24, 2.45) is 0 Å². The standard InChI is InChI=1S/C40H42N2O2S2/c1-5-7-9-11-13-23(3)41-37(43)29-19-15-25-28-18-22-32-36-30(38(44)42(40(32)46)24(4)14-12-10-8-6-2)20-16-26(34(28)36)27-17-21-31(39(41)45)35(29)33(25)27/h15-24H,5-14H2,1-4H3/t23-,24-/m0/s1. The van der Waals surface area contributed by atoms with Gasteiger partial charge in [0.25, 0.3) is 11.8 Å². The number of amides is 2. The van der Waals surface area contributed by atoms with Crippen LogP contribution in [0.1, 0.15) is 124 Å². The molecule has 0 N–H and O–H groups in total. The zero-order chi connectivity index (χ0) is 32.3. The second-order valence-electron chi connectivity index (χ2n) is 13.5. The van der Waals surface area contributed by atoms with Gasteiger partial charge in [-0.1, -0.05) is 126 Å². The number of thiocarbonyl (C=S) groups is 2. The fraction of sp³-hybridized carbons (Fsp3) is 0.400. The van der Waals surface area contributed by atoms with E-state index >= 15 is 0 Å². The zero-order valence-corrected chi connectivity index (χ0v) is 29.0. The summed E-state index contributed by atoms with van der Waals surface area (Å²) in [6, 6.07) is 16.8. The third-order valence-electron chi connectivity index (χ3n) is 10.5. The van der Waals surface area contributed by atoms with Gasteiger partial charge in [0.2, 0.25) is 0 Å². The van der Waals surface area contributed by atoms with Gasteiger partial charge in [-0.2, -0.15) is 0 Å². The second-order valence-corrected chi connectivity index (χ2v) is 14.3. The van der Waals surface area contributed by atoms with Gasteiger partial charge in [-0.05, 0) is 71.1 Å². The van der Waals surface area contributed by atoms with Crippen molar-refractivity contribution in [2.75, 3.05) is 0 Å². The number of hydrogen-bond donors (Lipinski definition) is 0. The molecular formula is C40H42N2O2S2. The quantitative estimate of drug-likeness (QED) is 0.0585. The summed E-state index contributed by atoms with van der Waals surface area (Å²) >= 11 is 12.1. The number of carbonyl (C=O) groups is 2. The van der Waals surface area contributed by atoms with Crippen LogP contribution in [-0.4, -0.2) is 43.7 Å².